The van der Waals surface area contributed by atoms with E-state index in [-0.39, 0.29) is 24.7 Å². The first kappa shape index (κ1) is 34.9. The maximum absolute atomic E-state index is 13.8. The molecular weight excluding hydrogens is 640 g/mol. The first-order valence-corrected chi connectivity index (χ1v) is 15.4. The summed E-state index contributed by atoms with van der Waals surface area (Å²) in [6.07, 6.45) is -9.01. The summed E-state index contributed by atoms with van der Waals surface area (Å²) < 4.78 is 81.6. The second kappa shape index (κ2) is 13.6. The van der Waals surface area contributed by atoms with Crippen molar-refractivity contribution in [3.63, 3.8) is 0 Å². The number of halogens is 6. The van der Waals surface area contributed by atoms with E-state index in [9.17, 15) is 51.3 Å². The van der Waals surface area contributed by atoms with Crippen LogP contribution in [0.15, 0.2) is 83.9 Å². The van der Waals surface area contributed by atoms with Gasteiger partial charge in [0.15, 0.2) is 0 Å². The molecule has 6 nitrogen and oxygen atoms in total. The Kier molecular flexibility index (Phi) is 9.89. The Labute approximate surface area is 272 Å². The molecule has 3 N–H and O–H groups in total. The highest BCUT2D eigenvalue weighted by atomic mass is 19.4. The summed E-state index contributed by atoms with van der Waals surface area (Å²) in [4.78, 5) is 27.7. The average Bonchev–Trinajstić information content (AvgIpc) is 3.29. The van der Waals surface area contributed by atoms with Crippen LogP contribution in [-0.2, 0) is 21.9 Å². The minimum atomic E-state index is -5.19. The van der Waals surface area contributed by atoms with Gasteiger partial charge in [-0.05, 0) is 78.3 Å². The molecule has 0 bridgehead atoms. The van der Waals surface area contributed by atoms with E-state index in [0.717, 1.165) is 11.1 Å². The second-order valence-corrected chi connectivity index (χ2v) is 12.0. The number of carbonyl (C=O) groups is 2. The molecule has 1 fully saturated rings. The summed E-state index contributed by atoms with van der Waals surface area (Å²) in [5.74, 6) is -5.47. The Morgan fingerprint density at radius 1 is 0.917 bits per heavy atom. The van der Waals surface area contributed by atoms with Crippen LogP contribution in [0.2, 0.25) is 0 Å². The maximum Gasteiger partial charge on any atom is 0.416 e. The number of phenols is 1. The molecule has 3 aromatic carbocycles. The normalized spacial score (nSPS) is 21.1. The number of aliphatic hydroxyl groups is 2. The van der Waals surface area contributed by atoms with Crippen LogP contribution < -0.4 is 4.90 Å². The number of alkyl halides is 6. The van der Waals surface area contributed by atoms with Crippen molar-refractivity contribution in [3.8, 4) is 5.75 Å². The molecule has 3 aromatic rings. The number of amides is 2. The summed E-state index contributed by atoms with van der Waals surface area (Å²) in [5, 5.41) is 32.1. The zero-order chi connectivity index (χ0) is 35.0. The Morgan fingerprint density at radius 2 is 1.56 bits per heavy atom. The molecule has 5 rings (SSSR count). The van der Waals surface area contributed by atoms with Crippen molar-refractivity contribution in [2.75, 3.05) is 11.5 Å². The minimum absolute atomic E-state index is 0.0547. The summed E-state index contributed by atoms with van der Waals surface area (Å²) in [6, 6.07) is 16.5. The van der Waals surface area contributed by atoms with Crippen molar-refractivity contribution < 1.29 is 51.3 Å². The van der Waals surface area contributed by atoms with Crippen LogP contribution in [0.3, 0.4) is 0 Å². The number of nitrogens with zero attached hydrogens (tertiary/aromatic N) is 1. The Morgan fingerprint density at radius 3 is 2.12 bits per heavy atom. The fourth-order valence-electron chi connectivity index (χ4n) is 6.84. The smallest absolute Gasteiger partial charge is 0.416 e. The number of fused-ring (bicyclic) bond motifs is 1. The second-order valence-electron chi connectivity index (χ2n) is 12.0. The van der Waals surface area contributed by atoms with E-state index in [1.807, 2.05) is 36.4 Å². The SMILES string of the molecule is CCC1=C([C@H](O)CC/C(=C/c2cccc(O)c2)c2ccccc2)[C@H](CO)[C@@H]2C(=O)N(c3cc(C(F)(F)F)cc(C(F)(F)F)c3)C(=O)[C@@H]2C1. The number of phenolic OH excluding ortho intramolecular Hbond substituents is 1. The van der Waals surface area contributed by atoms with Crippen LogP contribution >= 0.6 is 0 Å². The van der Waals surface area contributed by atoms with E-state index in [4.69, 9.17) is 0 Å². The standard InChI is InChI=1S/C36H33F6NO5/c1-2-21-15-28-32(34(48)43(33(28)47)26-17-24(35(37,38)39)16-25(18-26)36(40,41)42)29(19-44)31(21)30(46)12-11-23(22-8-4-3-5-9-22)13-20-7-6-10-27(45)14-20/h3-10,13-14,16-18,28-30,32,44-46H,2,11-12,15,19H2,1H3/b23-13-/t28-,29+,30-,32-/m1/s1. The number of aromatic hydroxyl groups is 1. The Bertz CT molecular complexity index is 1720. The van der Waals surface area contributed by atoms with Crippen LogP contribution in [0, 0.1) is 17.8 Å². The van der Waals surface area contributed by atoms with Gasteiger partial charge in [0.1, 0.15) is 5.75 Å². The van der Waals surface area contributed by atoms with Gasteiger partial charge < -0.3 is 15.3 Å². The topological polar surface area (TPSA) is 98.1 Å². The molecule has 254 valence electrons. The van der Waals surface area contributed by atoms with Gasteiger partial charge in [-0.15, -0.1) is 0 Å². The van der Waals surface area contributed by atoms with Gasteiger partial charge in [-0.1, -0.05) is 61.0 Å². The van der Waals surface area contributed by atoms with Gasteiger partial charge >= 0.3 is 12.4 Å². The third-order valence-corrected chi connectivity index (χ3v) is 9.04. The number of rotatable bonds is 9. The number of hydrogen-bond donors (Lipinski definition) is 3. The third kappa shape index (κ3) is 7.05. The zero-order valence-corrected chi connectivity index (χ0v) is 25.7. The van der Waals surface area contributed by atoms with Crippen molar-refractivity contribution >= 4 is 29.2 Å². The Balaban J connectivity index is 1.47. The predicted octanol–water partition coefficient (Wildman–Crippen LogP) is 7.64. The Hall–Kier alpha value is -4.42. The van der Waals surface area contributed by atoms with Gasteiger partial charge in [-0.2, -0.15) is 26.3 Å². The quantitative estimate of drug-likeness (QED) is 0.0940. The fourth-order valence-corrected chi connectivity index (χ4v) is 6.84. The number of aliphatic hydroxyl groups excluding tert-OH is 2. The van der Waals surface area contributed by atoms with E-state index in [0.29, 0.717) is 46.6 Å². The molecule has 0 unspecified atom stereocenters. The highest BCUT2D eigenvalue weighted by Crippen LogP contribution is 2.49. The number of carbonyl (C=O) groups excluding carboxylic acids is 2. The van der Waals surface area contributed by atoms with Gasteiger partial charge in [0.25, 0.3) is 0 Å². The summed E-state index contributed by atoms with van der Waals surface area (Å²) >= 11 is 0. The molecule has 0 radical (unpaired) electrons. The van der Waals surface area contributed by atoms with Crippen molar-refractivity contribution in [1.82, 2.24) is 0 Å². The van der Waals surface area contributed by atoms with E-state index in [1.54, 1.807) is 25.1 Å². The lowest BCUT2D eigenvalue weighted by Gasteiger charge is -2.36. The van der Waals surface area contributed by atoms with Crippen molar-refractivity contribution in [3.05, 3.63) is 106 Å². The third-order valence-electron chi connectivity index (χ3n) is 9.04. The number of allylic oxidation sites excluding steroid dienone is 2. The summed E-state index contributed by atoms with van der Waals surface area (Å²) in [7, 11) is 0. The summed E-state index contributed by atoms with van der Waals surface area (Å²) in [5.41, 5.74) is -0.885. The van der Waals surface area contributed by atoms with E-state index < -0.39 is 71.4 Å². The molecular formula is C36H33F6NO5. The highest BCUT2D eigenvalue weighted by molar-refractivity contribution is 6.22. The maximum atomic E-state index is 13.8. The van der Waals surface area contributed by atoms with Gasteiger partial charge in [0.2, 0.25) is 11.8 Å². The average molecular weight is 674 g/mol. The van der Waals surface area contributed by atoms with Crippen LogP contribution in [0.4, 0.5) is 32.0 Å². The lowest BCUT2D eigenvalue weighted by atomic mass is 9.67. The van der Waals surface area contributed by atoms with E-state index >= 15 is 0 Å². The molecule has 0 aromatic heterocycles. The van der Waals surface area contributed by atoms with Gasteiger partial charge in [-0.25, -0.2) is 4.90 Å². The lowest BCUT2D eigenvalue weighted by molar-refractivity contribution is -0.143. The number of anilines is 1. The molecule has 0 saturated carbocycles. The lowest BCUT2D eigenvalue weighted by Crippen LogP contribution is -2.39. The fraction of sp³-hybridized carbons (Fsp3) is 0.333. The molecule has 2 amide bonds. The zero-order valence-electron chi connectivity index (χ0n) is 25.7. The largest absolute Gasteiger partial charge is 0.508 e. The molecule has 12 heteroatoms. The molecule has 1 heterocycles. The van der Waals surface area contributed by atoms with Crippen LogP contribution in [0.25, 0.3) is 11.6 Å². The minimum Gasteiger partial charge on any atom is -0.508 e. The molecule has 48 heavy (non-hydrogen) atoms. The first-order chi connectivity index (χ1) is 22.6. The molecule has 1 aliphatic carbocycles. The van der Waals surface area contributed by atoms with Gasteiger partial charge in [-0.3, -0.25) is 9.59 Å². The highest BCUT2D eigenvalue weighted by Gasteiger charge is 2.55. The van der Waals surface area contributed by atoms with Crippen molar-refractivity contribution in [2.24, 2.45) is 17.8 Å². The predicted molar refractivity (Wildman–Crippen MR) is 166 cm³/mol. The molecule has 2 aliphatic rings. The molecule has 4 atom stereocenters. The van der Waals surface area contributed by atoms with E-state index in [2.05, 4.69) is 0 Å². The van der Waals surface area contributed by atoms with Crippen molar-refractivity contribution in [2.45, 2.75) is 51.1 Å². The van der Waals surface area contributed by atoms with Crippen LogP contribution in [0.5, 0.6) is 5.75 Å². The molecule has 1 saturated heterocycles. The number of benzene rings is 3. The first-order valence-electron chi connectivity index (χ1n) is 15.4. The van der Waals surface area contributed by atoms with Crippen LogP contribution in [0.1, 0.15) is 54.9 Å². The van der Waals surface area contributed by atoms with Crippen molar-refractivity contribution in [1.29, 1.82) is 0 Å². The molecule has 0 spiro atoms. The van der Waals surface area contributed by atoms with E-state index in [1.165, 1.54) is 6.07 Å². The summed E-state index contributed by atoms with van der Waals surface area (Å²) in [6.45, 7) is 1.07. The number of imide groups is 1. The van der Waals surface area contributed by atoms with Crippen LogP contribution in [-0.4, -0.2) is 39.8 Å². The van der Waals surface area contributed by atoms with Gasteiger partial charge in [0, 0.05) is 5.92 Å². The monoisotopic (exact) mass is 673 g/mol. The number of hydrogen-bond acceptors (Lipinski definition) is 5. The van der Waals surface area contributed by atoms with Gasteiger partial charge in [0.05, 0.1) is 41.4 Å². The molecule has 1 aliphatic heterocycles.